The molecule has 1 aromatic rings. The maximum absolute atomic E-state index is 12.1. The van der Waals surface area contributed by atoms with Crippen LogP contribution in [-0.4, -0.2) is 36.4 Å². The van der Waals surface area contributed by atoms with Crippen molar-refractivity contribution < 1.29 is 4.79 Å². The number of nitrogens with zero attached hydrogens (tertiary/aromatic N) is 2. The Morgan fingerprint density at radius 3 is 2.68 bits per heavy atom. The zero-order valence-electron chi connectivity index (χ0n) is 17.5. The van der Waals surface area contributed by atoms with E-state index in [1.807, 2.05) is 32.0 Å². The van der Waals surface area contributed by atoms with E-state index in [0.29, 0.717) is 12.0 Å². The predicted octanol–water partition coefficient (Wildman–Crippen LogP) is 4.63. The minimum absolute atomic E-state index is 0. The van der Waals surface area contributed by atoms with Crippen LogP contribution in [0.5, 0.6) is 0 Å². The number of benzene rings is 1. The highest BCUT2D eigenvalue weighted by molar-refractivity contribution is 14.0. The van der Waals surface area contributed by atoms with Gasteiger partial charge in [-0.15, -0.1) is 24.0 Å². The molecule has 0 bridgehead atoms. The van der Waals surface area contributed by atoms with Crippen molar-refractivity contribution in [3.63, 3.8) is 0 Å². The minimum Gasteiger partial charge on any atom is -0.357 e. The second-order valence-corrected chi connectivity index (χ2v) is 8.19. The number of guanidine groups is 1. The fraction of sp³-hybridized carbons (Fsp3) is 0.636. The average molecular weight is 498 g/mol. The number of anilines is 1. The van der Waals surface area contributed by atoms with Crippen molar-refractivity contribution in [3.8, 4) is 0 Å². The number of rotatable bonds is 6. The maximum atomic E-state index is 12.1. The molecule has 28 heavy (non-hydrogen) atoms. The Kier molecular flexibility index (Phi) is 8.58. The highest BCUT2D eigenvalue weighted by Crippen LogP contribution is 2.47. The van der Waals surface area contributed by atoms with E-state index in [9.17, 15) is 4.79 Å². The van der Waals surface area contributed by atoms with Crippen LogP contribution < -0.4 is 10.6 Å². The van der Waals surface area contributed by atoms with Crippen LogP contribution in [0.3, 0.4) is 0 Å². The molecule has 2 fully saturated rings. The largest absolute Gasteiger partial charge is 0.357 e. The van der Waals surface area contributed by atoms with Crippen LogP contribution in [0.1, 0.15) is 58.4 Å². The van der Waals surface area contributed by atoms with E-state index < -0.39 is 0 Å². The fourth-order valence-corrected chi connectivity index (χ4v) is 3.99. The van der Waals surface area contributed by atoms with Crippen molar-refractivity contribution in [2.75, 3.05) is 25.0 Å². The van der Waals surface area contributed by atoms with Gasteiger partial charge in [0.2, 0.25) is 5.91 Å². The second-order valence-electron chi connectivity index (χ2n) is 8.19. The average Bonchev–Trinajstić information content (AvgIpc) is 3.11. The zero-order chi connectivity index (χ0) is 19.3. The van der Waals surface area contributed by atoms with Gasteiger partial charge in [0, 0.05) is 31.2 Å². The van der Waals surface area contributed by atoms with Crippen molar-refractivity contribution in [2.45, 2.75) is 59.4 Å². The minimum atomic E-state index is 0. The molecule has 1 aromatic carbocycles. The summed E-state index contributed by atoms with van der Waals surface area (Å²) in [5.41, 5.74) is 2.54. The van der Waals surface area contributed by atoms with Crippen LogP contribution in [0.15, 0.2) is 29.3 Å². The number of amides is 1. The normalized spacial score (nSPS) is 19.0. The van der Waals surface area contributed by atoms with Gasteiger partial charge in [0.05, 0.1) is 6.54 Å². The van der Waals surface area contributed by atoms with E-state index in [1.54, 1.807) is 0 Å². The molecule has 0 radical (unpaired) electrons. The summed E-state index contributed by atoms with van der Waals surface area (Å²) in [6.07, 6.45) is 6.28. The van der Waals surface area contributed by atoms with Gasteiger partial charge < -0.3 is 15.5 Å². The molecule has 3 rings (SSSR count). The molecule has 1 unspecified atom stereocenters. The lowest BCUT2D eigenvalue weighted by Crippen LogP contribution is -2.42. The third-order valence-corrected chi connectivity index (χ3v) is 6.15. The van der Waals surface area contributed by atoms with E-state index >= 15 is 0 Å². The molecule has 0 aromatic heterocycles. The van der Waals surface area contributed by atoms with E-state index in [2.05, 4.69) is 28.5 Å². The molecule has 1 aliphatic heterocycles. The van der Waals surface area contributed by atoms with E-state index in [-0.39, 0.29) is 35.8 Å². The summed E-state index contributed by atoms with van der Waals surface area (Å²) >= 11 is 0. The first-order chi connectivity index (χ1) is 13.0. The number of hydrogen-bond acceptors (Lipinski definition) is 2. The summed E-state index contributed by atoms with van der Waals surface area (Å²) in [5, 5.41) is 6.47. The first-order valence-corrected chi connectivity index (χ1v) is 10.5. The van der Waals surface area contributed by atoms with Gasteiger partial charge in [0.1, 0.15) is 0 Å². The topological polar surface area (TPSA) is 56.7 Å². The zero-order valence-corrected chi connectivity index (χ0v) is 19.8. The Balaban J connectivity index is 0.00000280. The van der Waals surface area contributed by atoms with Crippen molar-refractivity contribution in [1.82, 2.24) is 10.2 Å². The predicted molar refractivity (Wildman–Crippen MR) is 127 cm³/mol. The molecule has 156 valence electrons. The Bertz CT molecular complexity index is 687. The number of hydrogen-bond donors (Lipinski definition) is 2. The van der Waals surface area contributed by atoms with Crippen LogP contribution in [0.2, 0.25) is 0 Å². The Hall–Kier alpha value is -1.31. The van der Waals surface area contributed by atoms with E-state index in [1.165, 1.54) is 25.7 Å². The molecule has 1 aliphatic carbocycles. The number of carbonyl (C=O) groups is 1. The summed E-state index contributed by atoms with van der Waals surface area (Å²) in [4.78, 5) is 19.4. The fourth-order valence-electron chi connectivity index (χ4n) is 3.99. The SMILES string of the molecule is CCNC(=NCc1cccc(NC(=O)C(C)CC)c1)N1CCC2(CCC2)C1.I. The number of likely N-dealkylation sites (tertiary alicyclic amines) is 1. The van der Waals surface area contributed by atoms with Crippen LogP contribution in [0, 0.1) is 11.3 Å². The molecule has 1 heterocycles. The molecule has 2 N–H and O–H groups in total. The molecule has 6 heteroatoms. The molecule has 1 saturated carbocycles. The molecule has 5 nitrogen and oxygen atoms in total. The number of halogens is 1. The lowest BCUT2D eigenvalue weighted by molar-refractivity contribution is -0.119. The Morgan fingerprint density at radius 1 is 1.29 bits per heavy atom. The molecule has 1 atom stereocenters. The van der Waals surface area contributed by atoms with Crippen molar-refractivity contribution in [1.29, 1.82) is 0 Å². The van der Waals surface area contributed by atoms with E-state index in [0.717, 1.165) is 43.3 Å². The van der Waals surface area contributed by atoms with E-state index in [4.69, 9.17) is 4.99 Å². The Labute approximate surface area is 186 Å². The first-order valence-electron chi connectivity index (χ1n) is 10.5. The summed E-state index contributed by atoms with van der Waals surface area (Å²) < 4.78 is 0. The van der Waals surface area contributed by atoms with Crippen LogP contribution in [0.4, 0.5) is 5.69 Å². The highest BCUT2D eigenvalue weighted by atomic mass is 127. The third kappa shape index (κ3) is 5.61. The van der Waals surface area contributed by atoms with Gasteiger partial charge in [-0.3, -0.25) is 4.79 Å². The number of carbonyl (C=O) groups excluding carboxylic acids is 1. The first kappa shape index (κ1) is 23.0. The molecular weight excluding hydrogens is 463 g/mol. The maximum Gasteiger partial charge on any atom is 0.227 e. The van der Waals surface area contributed by atoms with Crippen molar-refractivity contribution in [2.24, 2.45) is 16.3 Å². The molecule has 1 spiro atoms. The van der Waals surface area contributed by atoms with Crippen LogP contribution >= 0.6 is 24.0 Å². The lowest BCUT2D eigenvalue weighted by atomic mass is 9.68. The monoisotopic (exact) mass is 498 g/mol. The lowest BCUT2D eigenvalue weighted by Gasteiger charge is -2.38. The van der Waals surface area contributed by atoms with Crippen molar-refractivity contribution in [3.05, 3.63) is 29.8 Å². The van der Waals surface area contributed by atoms with Gasteiger partial charge in [0.25, 0.3) is 0 Å². The smallest absolute Gasteiger partial charge is 0.227 e. The molecular formula is C22H35IN4O. The van der Waals surface area contributed by atoms with Gasteiger partial charge in [-0.2, -0.15) is 0 Å². The van der Waals surface area contributed by atoms with Gasteiger partial charge >= 0.3 is 0 Å². The Morgan fingerprint density at radius 2 is 2.07 bits per heavy atom. The summed E-state index contributed by atoms with van der Waals surface area (Å²) in [7, 11) is 0. The van der Waals surface area contributed by atoms with Gasteiger partial charge in [-0.25, -0.2) is 4.99 Å². The van der Waals surface area contributed by atoms with Gasteiger partial charge in [-0.05, 0) is 55.7 Å². The molecule has 2 aliphatic rings. The standard InChI is InChI=1S/C22H34N4O.HI/c1-4-17(3)20(27)25-19-9-6-8-18(14-19)15-24-21(23-5-2)26-13-12-22(16-26)10-7-11-22;/h6,8-9,14,17H,4-5,7,10-13,15-16H2,1-3H3,(H,23,24)(H,25,27);1H. The quantitative estimate of drug-likeness (QED) is 0.342. The van der Waals surface area contributed by atoms with Gasteiger partial charge in [-0.1, -0.05) is 32.4 Å². The van der Waals surface area contributed by atoms with Gasteiger partial charge in [0.15, 0.2) is 5.96 Å². The number of nitrogens with one attached hydrogen (secondary N) is 2. The molecule has 1 saturated heterocycles. The second kappa shape index (κ2) is 10.5. The third-order valence-electron chi connectivity index (χ3n) is 6.15. The molecule has 1 amide bonds. The summed E-state index contributed by atoms with van der Waals surface area (Å²) in [6.45, 7) is 9.86. The summed E-state index contributed by atoms with van der Waals surface area (Å²) in [5.74, 6) is 1.13. The summed E-state index contributed by atoms with van der Waals surface area (Å²) in [6, 6.07) is 8.04. The van der Waals surface area contributed by atoms with Crippen molar-refractivity contribution >= 4 is 41.5 Å². The van der Waals surface area contributed by atoms with Crippen LogP contribution in [0.25, 0.3) is 0 Å². The highest BCUT2D eigenvalue weighted by Gasteiger charge is 2.43. The van der Waals surface area contributed by atoms with Crippen LogP contribution in [-0.2, 0) is 11.3 Å². The number of aliphatic imine (C=N–C) groups is 1.